The molecule has 26 heavy (non-hydrogen) atoms. The number of carboxylic acids is 1. The molecule has 0 heterocycles. The predicted octanol–water partition coefficient (Wildman–Crippen LogP) is 3.58. The predicted molar refractivity (Wildman–Crippen MR) is 95.8 cm³/mol. The van der Waals surface area contributed by atoms with Crippen LogP contribution in [0.4, 0.5) is 4.39 Å². The van der Waals surface area contributed by atoms with E-state index in [1.165, 1.54) is 12.1 Å². The van der Waals surface area contributed by atoms with Crippen molar-refractivity contribution >= 4 is 23.5 Å². The Morgan fingerprint density at radius 1 is 1.12 bits per heavy atom. The number of nitrogens with one attached hydrogen (secondary N) is 1. The first-order valence-corrected chi connectivity index (χ1v) is 8.47. The van der Waals surface area contributed by atoms with Crippen LogP contribution < -0.4 is 10.1 Å². The maximum Gasteiger partial charge on any atom is 0.303 e. The Kier molecular flexibility index (Phi) is 7.41. The number of rotatable bonds is 9. The van der Waals surface area contributed by atoms with Crippen LogP contribution in [-0.4, -0.2) is 23.5 Å². The molecule has 0 fully saturated rings. The van der Waals surface area contributed by atoms with Crippen LogP contribution in [0.15, 0.2) is 42.5 Å². The number of ether oxygens (including phenoxy) is 1. The van der Waals surface area contributed by atoms with E-state index in [4.69, 9.17) is 21.4 Å². The van der Waals surface area contributed by atoms with Gasteiger partial charge in [-0.15, -0.1) is 0 Å². The highest BCUT2D eigenvalue weighted by atomic mass is 35.5. The van der Waals surface area contributed by atoms with E-state index in [1.807, 2.05) is 12.1 Å². The fourth-order valence-electron chi connectivity index (χ4n) is 2.32. The number of halogens is 2. The van der Waals surface area contributed by atoms with E-state index in [0.29, 0.717) is 23.7 Å². The van der Waals surface area contributed by atoms with Crippen LogP contribution in [0.3, 0.4) is 0 Å². The van der Waals surface area contributed by atoms with Crippen LogP contribution in [0.1, 0.15) is 24.0 Å². The van der Waals surface area contributed by atoms with Gasteiger partial charge in [0.15, 0.2) is 0 Å². The third-order valence-electron chi connectivity index (χ3n) is 3.69. The van der Waals surface area contributed by atoms with Crippen molar-refractivity contribution in [2.75, 3.05) is 6.54 Å². The molecule has 0 saturated carbocycles. The van der Waals surface area contributed by atoms with Crippen molar-refractivity contribution < 1.29 is 23.8 Å². The molecular weight excluding hydrogens is 361 g/mol. The molecule has 5 nitrogen and oxygen atoms in total. The average molecular weight is 380 g/mol. The van der Waals surface area contributed by atoms with Gasteiger partial charge in [0.1, 0.15) is 18.2 Å². The first-order chi connectivity index (χ1) is 12.5. The van der Waals surface area contributed by atoms with Crippen LogP contribution in [0, 0.1) is 5.82 Å². The first kappa shape index (κ1) is 19.7. The summed E-state index contributed by atoms with van der Waals surface area (Å²) in [5.41, 5.74) is 1.13. The second-order valence-electron chi connectivity index (χ2n) is 5.59. The monoisotopic (exact) mass is 379 g/mol. The molecule has 2 aromatic rings. The molecule has 0 spiro atoms. The number of aliphatic carboxylic acids is 1. The van der Waals surface area contributed by atoms with Gasteiger partial charge in [-0.25, -0.2) is 4.39 Å². The molecule has 0 aliphatic rings. The number of para-hydroxylation sites is 1. The lowest BCUT2D eigenvalue weighted by molar-refractivity contribution is -0.138. The minimum absolute atomic E-state index is 0.00646. The number of hydrogen-bond acceptors (Lipinski definition) is 3. The van der Waals surface area contributed by atoms with Crippen molar-refractivity contribution in [1.82, 2.24) is 5.32 Å². The van der Waals surface area contributed by atoms with Crippen LogP contribution in [0.5, 0.6) is 5.75 Å². The zero-order chi connectivity index (χ0) is 18.9. The minimum atomic E-state index is -1.01. The maximum absolute atomic E-state index is 13.8. The van der Waals surface area contributed by atoms with Crippen LogP contribution in [0.2, 0.25) is 5.02 Å². The largest absolute Gasteiger partial charge is 0.488 e. The van der Waals surface area contributed by atoms with Crippen molar-refractivity contribution in [2.24, 2.45) is 0 Å². The molecule has 2 rings (SSSR count). The molecule has 0 aliphatic carbocycles. The summed E-state index contributed by atoms with van der Waals surface area (Å²) >= 11 is 6.00. The van der Waals surface area contributed by atoms with E-state index in [2.05, 4.69) is 5.32 Å². The van der Waals surface area contributed by atoms with Gasteiger partial charge in [0.05, 0.1) is 11.4 Å². The lowest BCUT2D eigenvalue weighted by atomic mass is 10.1. The summed E-state index contributed by atoms with van der Waals surface area (Å²) in [5, 5.41) is 11.5. The fourth-order valence-corrected chi connectivity index (χ4v) is 2.53. The van der Waals surface area contributed by atoms with E-state index in [1.54, 1.807) is 18.2 Å². The van der Waals surface area contributed by atoms with E-state index < -0.39 is 11.8 Å². The molecule has 0 bridgehead atoms. The number of amides is 1. The molecule has 0 aromatic heterocycles. The van der Waals surface area contributed by atoms with Crippen molar-refractivity contribution in [2.45, 2.75) is 25.9 Å². The van der Waals surface area contributed by atoms with Crippen LogP contribution in [-0.2, 0) is 22.6 Å². The third-order valence-corrected chi connectivity index (χ3v) is 4.04. The zero-order valence-electron chi connectivity index (χ0n) is 14.0. The van der Waals surface area contributed by atoms with E-state index in [-0.39, 0.29) is 30.9 Å². The summed E-state index contributed by atoms with van der Waals surface area (Å²) in [6, 6.07) is 11.7. The second kappa shape index (κ2) is 9.77. The molecule has 0 saturated heterocycles. The van der Waals surface area contributed by atoms with Gasteiger partial charge in [-0.2, -0.15) is 0 Å². The number of carbonyl (C=O) groups is 2. The standard InChI is InChI=1S/C19H19ClFNO4/c20-15-5-3-6-16(21)14(15)12-26-17-7-2-1-4-13(17)10-11-22-18(23)8-9-19(24)25/h1-7H,8-12H2,(H,22,23)(H,24,25). The van der Waals surface area contributed by atoms with Crippen molar-refractivity contribution in [3.05, 3.63) is 64.4 Å². The van der Waals surface area contributed by atoms with E-state index >= 15 is 0 Å². The van der Waals surface area contributed by atoms with Gasteiger partial charge in [-0.3, -0.25) is 9.59 Å². The minimum Gasteiger partial charge on any atom is -0.488 e. The molecule has 1 amide bonds. The molecule has 138 valence electrons. The Morgan fingerprint density at radius 2 is 1.88 bits per heavy atom. The molecule has 7 heteroatoms. The van der Waals surface area contributed by atoms with Crippen LogP contribution in [0.25, 0.3) is 0 Å². The number of carbonyl (C=O) groups excluding carboxylic acids is 1. The van der Waals surface area contributed by atoms with Gasteiger partial charge >= 0.3 is 5.97 Å². The molecule has 0 aliphatic heterocycles. The van der Waals surface area contributed by atoms with Crippen molar-refractivity contribution in [1.29, 1.82) is 0 Å². The van der Waals surface area contributed by atoms with E-state index in [9.17, 15) is 14.0 Å². The molecule has 2 aromatic carbocycles. The Balaban J connectivity index is 1.91. The Morgan fingerprint density at radius 3 is 2.62 bits per heavy atom. The summed E-state index contributed by atoms with van der Waals surface area (Å²) in [4.78, 5) is 22.0. The number of carboxylic acid groups (broad SMARTS) is 1. The molecule has 2 N–H and O–H groups in total. The summed E-state index contributed by atoms with van der Waals surface area (Å²) in [7, 11) is 0. The van der Waals surface area contributed by atoms with Gasteiger partial charge in [0.25, 0.3) is 0 Å². The smallest absolute Gasteiger partial charge is 0.303 e. The SMILES string of the molecule is O=C(O)CCC(=O)NCCc1ccccc1OCc1c(F)cccc1Cl. The highest BCUT2D eigenvalue weighted by Crippen LogP contribution is 2.24. The zero-order valence-corrected chi connectivity index (χ0v) is 14.8. The lowest BCUT2D eigenvalue weighted by Gasteiger charge is -2.13. The Bertz CT molecular complexity index is 762. The summed E-state index contributed by atoms with van der Waals surface area (Å²) < 4.78 is 19.5. The average Bonchev–Trinajstić information content (AvgIpc) is 2.60. The van der Waals surface area contributed by atoms with Crippen molar-refractivity contribution in [3.63, 3.8) is 0 Å². The fraction of sp³-hybridized carbons (Fsp3) is 0.263. The quantitative estimate of drug-likeness (QED) is 0.698. The highest BCUT2D eigenvalue weighted by molar-refractivity contribution is 6.31. The number of benzene rings is 2. The van der Waals surface area contributed by atoms with Gasteiger partial charge in [0, 0.05) is 18.5 Å². The van der Waals surface area contributed by atoms with Gasteiger partial charge in [-0.1, -0.05) is 35.9 Å². The molecule has 0 radical (unpaired) electrons. The first-order valence-electron chi connectivity index (χ1n) is 8.09. The summed E-state index contributed by atoms with van der Waals surface area (Å²) in [6.07, 6.45) is 0.244. The topological polar surface area (TPSA) is 75.6 Å². The lowest BCUT2D eigenvalue weighted by Crippen LogP contribution is -2.26. The normalized spacial score (nSPS) is 10.4. The van der Waals surface area contributed by atoms with Gasteiger partial charge in [0.2, 0.25) is 5.91 Å². The summed E-state index contributed by atoms with van der Waals surface area (Å²) in [5.74, 6) is -1.18. The van der Waals surface area contributed by atoms with E-state index in [0.717, 1.165) is 5.56 Å². The van der Waals surface area contributed by atoms with Gasteiger partial charge < -0.3 is 15.2 Å². The molecular formula is C19H19ClFNO4. The van der Waals surface area contributed by atoms with Crippen LogP contribution >= 0.6 is 11.6 Å². The third kappa shape index (κ3) is 6.04. The maximum atomic E-state index is 13.8. The Labute approximate surface area is 155 Å². The summed E-state index contributed by atoms with van der Waals surface area (Å²) in [6.45, 7) is 0.340. The second-order valence-corrected chi connectivity index (χ2v) is 6.00. The highest BCUT2D eigenvalue weighted by Gasteiger charge is 2.10. The molecule has 0 atom stereocenters. The molecule has 0 unspecified atom stereocenters. The van der Waals surface area contributed by atoms with Gasteiger partial charge in [-0.05, 0) is 30.2 Å². The Hall–Kier alpha value is -2.60. The van der Waals surface area contributed by atoms with Crippen molar-refractivity contribution in [3.8, 4) is 5.75 Å². The number of hydrogen-bond donors (Lipinski definition) is 2.